The fourth-order valence-electron chi connectivity index (χ4n) is 3.27. The predicted octanol–water partition coefficient (Wildman–Crippen LogP) is 2.72. The summed E-state index contributed by atoms with van der Waals surface area (Å²) in [6.45, 7) is 6.54. The van der Waals surface area contributed by atoms with Gasteiger partial charge in [0.1, 0.15) is 5.75 Å². The number of benzene rings is 2. The van der Waals surface area contributed by atoms with Crippen molar-refractivity contribution in [2.75, 3.05) is 29.8 Å². The molecule has 2 aromatic rings. The van der Waals surface area contributed by atoms with E-state index < -0.39 is 22.0 Å². The molecule has 0 fully saturated rings. The molecule has 1 N–H and O–H groups in total. The van der Waals surface area contributed by atoms with Gasteiger partial charge in [-0.05, 0) is 50.6 Å². The van der Waals surface area contributed by atoms with Crippen LogP contribution in [0.3, 0.4) is 0 Å². The Balaban J connectivity index is 1.73. The largest absolute Gasteiger partial charge is 0.490 e. The maximum atomic E-state index is 12.8. The minimum absolute atomic E-state index is 0.0674. The molecule has 0 unspecified atom stereocenters. The van der Waals surface area contributed by atoms with E-state index in [2.05, 4.69) is 5.32 Å². The summed E-state index contributed by atoms with van der Waals surface area (Å²) in [5.74, 6) is 1.16. The van der Waals surface area contributed by atoms with Crippen LogP contribution in [0, 0.1) is 0 Å². The maximum absolute atomic E-state index is 12.8. The van der Waals surface area contributed by atoms with E-state index in [-0.39, 0.29) is 18.8 Å². The number of para-hydroxylation sites is 2. The van der Waals surface area contributed by atoms with Gasteiger partial charge in [0.15, 0.2) is 17.6 Å². The smallest absolute Gasteiger partial charge is 0.263 e. The second-order valence-corrected chi connectivity index (χ2v) is 9.05. The van der Waals surface area contributed by atoms with Crippen LogP contribution in [0.4, 0.5) is 5.69 Å². The molecule has 0 radical (unpaired) electrons. The van der Waals surface area contributed by atoms with Crippen molar-refractivity contribution in [3.63, 3.8) is 0 Å². The van der Waals surface area contributed by atoms with Crippen LogP contribution < -0.4 is 23.8 Å². The highest BCUT2D eigenvalue weighted by molar-refractivity contribution is 7.92. The third kappa shape index (κ3) is 5.22. The second-order valence-electron chi connectivity index (χ2n) is 6.87. The van der Waals surface area contributed by atoms with E-state index in [0.29, 0.717) is 36.1 Å². The minimum Gasteiger partial charge on any atom is -0.490 e. The standard InChI is InChI=1S/C22H28N2O6S/c1-4-28-19-12-11-16(13-20(19)29-5-2)14-23-22(25)21-15-24(31(26,27)6-3)17-9-7-8-10-18(17)30-21/h7-13,21H,4-6,14-15H2,1-3H3,(H,23,25)/t21-/m1/s1. The number of amides is 1. The lowest BCUT2D eigenvalue weighted by molar-refractivity contribution is -0.127. The highest BCUT2D eigenvalue weighted by atomic mass is 32.2. The number of anilines is 1. The van der Waals surface area contributed by atoms with Crippen LogP contribution in [0.1, 0.15) is 26.3 Å². The van der Waals surface area contributed by atoms with E-state index in [1.54, 1.807) is 37.3 Å². The van der Waals surface area contributed by atoms with Crippen molar-refractivity contribution in [3.8, 4) is 17.2 Å². The highest BCUT2D eigenvalue weighted by Crippen LogP contribution is 2.35. The topological polar surface area (TPSA) is 94.2 Å². The first-order chi connectivity index (χ1) is 14.9. The summed E-state index contributed by atoms with van der Waals surface area (Å²) >= 11 is 0. The van der Waals surface area contributed by atoms with Gasteiger partial charge in [0.05, 0.1) is 31.2 Å². The minimum atomic E-state index is -3.55. The number of nitrogens with zero attached hydrogens (tertiary/aromatic N) is 1. The summed E-state index contributed by atoms with van der Waals surface area (Å²) in [7, 11) is -3.55. The Kier molecular flexibility index (Phi) is 7.27. The quantitative estimate of drug-likeness (QED) is 0.634. The van der Waals surface area contributed by atoms with Crippen LogP contribution in [0.15, 0.2) is 42.5 Å². The Morgan fingerprint density at radius 2 is 1.81 bits per heavy atom. The van der Waals surface area contributed by atoms with E-state index in [1.807, 2.05) is 26.0 Å². The summed E-state index contributed by atoms with van der Waals surface area (Å²) in [5.41, 5.74) is 1.27. The molecule has 31 heavy (non-hydrogen) atoms. The number of carbonyl (C=O) groups excluding carboxylic acids is 1. The summed E-state index contributed by atoms with van der Waals surface area (Å²) in [6, 6.07) is 12.3. The molecule has 1 atom stereocenters. The number of fused-ring (bicyclic) bond motifs is 1. The summed E-state index contributed by atoms with van der Waals surface area (Å²) in [5, 5.41) is 2.83. The molecular weight excluding hydrogens is 420 g/mol. The van der Waals surface area contributed by atoms with Gasteiger partial charge in [0.2, 0.25) is 10.0 Å². The van der Waals surface area contributed by atoms with Crippen molar-refractivity contribution in [3.05, 3.63) is 48.0 Å². The Labute approximate surface area is 183 Å². The fourth-order valence-corrected chi connectivity index (χ4v) is 4.39. The van der Waals surface area contributed by atoms with E-state index in [9.17, 15) is 13.2 Å². The summed E-state index contributed by atoms with van der Waals surface area (Å²) in [6.07, 6.45) is -0.953. The molecule has 0 saturated heterocycles. The summed E-state index contributed by atoms with van der Waals surface area (Å²) in [4.78, 5) is 12.8. The third-order valence-electron chi connectivity index (χ3n) is 4.80. The lowest BCUT2D eigenvalue weighted by atomic mass is 10.2. The number of sulfonamides is 1. The predicted molar refractivity (Wildman–Crippen MR) is 118 cm³/mol. The first-order valence-corrected chi connectivity index (χ1v) is 11.9. The molecule has 0 aliphatic carbocycles. The van der Waals surface area contributed by atoms with Crippen LogP contribution in [-0.4, -0.2) is 45.9 Å². The molecule has 0 aromatic heterocycles. The van der Waals surface area contributed by atoms with Crippen LogP contribution in [0.5, 0.6) is 17.2 Å². The summed E-state index contributed by atoms with van der Waals surface area (Å²) < 4.78 is 43.4. The Morgan fingerprint density at radius 1 is 1.10 bits per heavy atom. The molecule has 1 aliphatic rings. The van der Waals surface area contributed by atoms with Gasteiger partial charge in [-0.3, -0.25) is 9.10 Å². The van der Waals surface area contributed by atoms with Crippen molar-refractivity contribution in [1.29, 1.82) is 0 Å². The molecule has 8 nitrogen and oxygen atoms in total. The van der Waals surface area contributed by atoms with E-state index >= 15 is 0 Å². The fraction of sp³-hybridized carbons (Fsp3) is 0.409. The number of ether oxygens (including phenoxy) is 3. The SMILES string of the molecule is CCOc1ccc(CNC(=O)[C@H]2CN(S(=O)(=O)CC)c3ccccc3O2)cc1OCC. The molecule has 3 rings (SSSR count). The Bertz CT molecular complexity index is 1020. The van der Waals surface area contributed by atoms with Gasteiger partial charge in [-0.25, -0.2) is 8.42 Å². The average molecular weight is 449 g/mol. The molecule has 9 heteroatoms. The van der Waals surface area contributed by atoms with Crippen molar-refractivity contribution in [2.24, 2.45) is 0 Å². The molecule has 0 saturated carbocycles. The lowest BCUT2D eigenvalue weighted by Gasteiger charge is -2.34. The number of hydrogen-bond donors (Lipinski definition) is 1. The molecule has 0 spiro atoms. The third-order valence-corrected chi connectivity index (χ3v) is 6.55. The number of carbonyl (C=O) groups is 1. The first kappa shape index (κ1) is 22.7. The van der Waals surface area contributed by atoms with Gasteiger partial charge in [0.25, 0.3) is 5.91 Å². The van der Waals surface area contributed by atoms with Crippen molar-refractivity contribution in [2.45, 2.75) is 33.4 Å². The molecular formula is C22H28N2O6S. The van der Waals surface area contributed by atoms with E-state index in [1.165, 1.54) is 4.31 Å². The van der Waals surface area contributed by atoms with Crippen LogP contribution in [0.2, 0.25) is 0 Å². The molecule has 2 aromatic carbocycles. The highest BCUT2D eigenvalue weighted by Gasteiger charge is 2.35. The van der Waals surface area contributed by atoms with Gasteiger partial charge in [-0.15, -0.1) is 0 Å². The van der Waals surface area contributed by atoms with Crippen molar-refractivity contribution >= 4 is 21.6 Å². The second kappa shape index (κ2) is 9.91. The maximum Gasteiger partial charge on any atom is 0.263 e. The normalized spacial score (nSPS) is 15.6. The van der Waals surface area contributed by atoms with Crippen LogP contribution in [0.25, 0.3) is 0 Å². The monoisotopic (exact) mass is 448 g/mol. The van der Waals surface area contributed by atoms with Crippen LogP contribution in [-0.2, 0) is 21.4 Å². The van der Waals surface area contributed by atoms with Crippen molar-refractivity contribution in [1.82, 2.24) is 5.32 Å². The van der Waals surface area contributed by atoms with Gasteiger partial charge >= 0.3 is 0 Å². The molecule has 0 bridgehead atoms. The zero-order valence-corrected chi connectivity index (χ0v) is 18.8. The first-order valence-electron chi connectivity index (χ1n) is 10.3. The van der Waals surface area contributed by atoms with Gasteiger partial charge < -0.3 is 19.5 Å². The number of nitrogens with one attached hydrogen (secondary N) is 1. The lowest BCUT2D eigenvalue weighted by Crippen LogP contribution is -2.50. The molecule has 168 valence electrons. The van der Waals surface area contributed by atoms with Crippen LogP contribution >= 0.6 is 0 Å². The van der Waals surface area contributed by atoms with Gasteiger partial charge in [-0.2, -0.15) is 0 Å². The van der Waals surface area contributed by atoms with E-state index in [0.717, 1.165) is 5.56 Å². The molecule has 1 heterocycles. The Morgan fingerprint density at radius 3 is 2.52 bits per heavy atom. The van der Waals surface area contributed by atoms with E-state index in [4.69, 9.17) is 14.2 Å². The van der Waals surface area contributed by atoms with Gasteiger partial charge in [0, 0.05) is 6.54 Å². The van der Waals surface area contributed by atoms with Gasteiger partial charge in [-0.1, -0.05) is 18.2 Å². The number of rotatable bonds is 9. The molecule has 1 aliphatic heterocycles. The number of hydrogen-bond acceptors (Lipinski definition) is 6. The molecule has 1 amide bonds. The zero-order valence-electron chi connectivity index (χ0n) is 18.0. The Hall–Kier alpha value is -2.94. The average Bonchev–Trinajstić information content (AvgIpc) is 2.78. The van der Waals surface area contributed by atoms with Crippen molar-refractivity contribution < 1.29 is 27.4 Å². The zero-order chi connectivity index (χ0) is 22.4.